The van der Waals surface area contributed by atoms with Crippen LogP contribution in [0.1, 0.15) is 42.0 Å². The van der Waals surface area contributed by atoms with Crippen LogP contribution in [0.15, 0.2) is 48.7 Å². The number of anilines is 2. The van der Waals surface area contributed by atoms with Crippen LogP contribution in [0.4, 0.5) is 33.9 Å². The van der Waals surface area contributed by atoms with Crippen LogP contribution in [-0.4, -0.2) is 39.8 Å². The van der Waals surface area contributed by atoms with Crippen LogP contribution in [0.25, 0.3) is 0 Å². The number of carbonyl (C=O) groups excluding carboxylic acids is 1. The third-order valence-corrected chi connectivity index (χ3v) is 7.63. The van der Waals surface area contributed by atoms with Gasteiger partial charge in [-0.2, -0.15) is 23.5 Å². The summed E-state index contributed by atoms with van der Waals surface area (Å²) in [6.45, 7) is 4.96. The number of halogens is 4. The molecule has 0 saturated carbocycles. The Labute approximate surface area is 230 Å². The lowest BCUT2D eigenvalue weighted by Crippen LogP contribution is -2.54. The number of nitriles is 1. The zero-order chi connectivity index (χ0) is 28.6. The number of carbonyl (C=O) groups is 1. The summed E-state index contributed by atoms with van der Waals surface area (Å²) in [6.07, 6.45) is -1.64. The number of hydrogen-bond donors (Lipinski definition) is 0. The first-order chi connectivity index (χ1) is 19.1. The summed E-state index contributed by atoms with van der Waals surface area (Å²) in [5, 5.41) is 13.8. The van der Waals surface area contributed by atoms with Crippen molar-refractivity contribution in [2.75, 3.05) is 22.9 Å². The van der Waals surface area contributed by atoms with Crippen LogP contribution in [-0.2, 0) is 25.8 Å². The first kappa shape index (κ1) is 27.5. The molecule has 1 fully saturated rings. The van der Waals surface area contributed by atoms with E-state index in [1.165, 1.54) is 29.2 Å². The molecule has 0 N–H and O–H groups in total. The number of para-hydroxylation sites is 1. The highest BCUT2D eigenvalue weighted by Gasteiger charge is 2.40. The first-order valence-electron chi connectivity index (χ1n) is 13.3. The van der Waals surface area contributed by atoms with E-state index in [1.54, 1.807) is 28.8 Å². The van der Waals surface area contributed by atoms with Gasteiger partial charge in [0.05, 0.1) is 42.9 Å². The molecule has 1 saturated heterocycles. The Morgan fingerprint density at radius 2 is 1.85 bits per heavy atom. The predicted octanol–water partition coefficient (Wildman–Crippen LogP) is 6.12. The number of rotatable bonds is 6. The summed E-state index contributed by atoms with van der Waals surface area (Å²) in [5.74, 6) is -0.313. The number of aromatic nitrogens is 2. The molecule has 0 radical (unpaired) electrons. The zero-order valence-electron chi connectivity index (χ0n) is 22.3. The number of amides is 2. The van der Waals surface area contributed by atoms with Gasteiger partial charge in [0.2, 0.25) is 0 Å². The molecule has 3 aromatic rings. The predicted molar refractivity (Wildman–Crippen MR) is 142 cm³/mol. The molecule has 2 aromatic carbocycles. The van der Waals surface area contributed by atoms with Crippen LogP contribution >= 0.6 is 0 Å². The fraction of sp³-hybridized carbons (Fsp3) is 0.414. The molecule has 2 amide bonds. The molecule has 0 bridgehead atoms. The summed E-state index contributed by atoms with van der Waals surface area (Å²) < 4.78 is 57.5. The van der Waals surface area contributed by atoms with Crippen LogP contribution in [0.3, 0.4) is 0 Å². The third kappa shape index (κ3) is 5.35. The van der Waals surface area contributed by atoms with Crippen LogP contribution in [0.5, 0.6) is 0 Å². The van der Waals surface area contributed by atoms with E-state index < -0.39 is 17.8 Å². The Morgan fingerprint density at radius 3 is 2.52 bits per heavy atom. The van der Waals surface area contributed by atoms with Gasteiger partial charge in [-0.3, -0.25) is 9.58 Å². The molecule has 5 rings (SSSR count). The molecule has 1 atom stereocenters. The average molecular weight is 555 g/mol. The molecular formula is C29H30F4N6O. The van der Waals surface area contributed by atoms with Gasteiger partial charge in [-0.15, -0.1) is 0 Å². The molecule has 7 nitrogen and oxygen atoms in total. The molecule has 40 heavy (non-hydrogen) atoms. The quantitative estimate of drug-likeness (QED) is 0.345. The second kappa shape index (κ2) is 10.8. The Hall–Kier alpha value is -4.07. The van der Waals surface area contributed by atoms with Crippen molar-refractivity contribution in [3.8, 4) is 6.07 Å². The van der Waals surface area contributed by atoms with E-state index >= 15 is 0 Å². The highest BCUT2D eigenvalue weighted by Crippen LogP contribution is 2.37. The van der Waals surface area contributed by atoms with E-state index in [0.29, 0.717) is 49.5 Å². The molecule has 2 aliphatic heterocycles. The molecule has 0 spiro atoms. The van der Waals surface area contributed by atoms with E-state index in [1.807, 2.05) is 17.9 Å². The SMILES string of the molecule is Cc1cccc(F)c1N1CCC(N2Cc3cn(CC(C)C#N)nc3N(Cc3ccccc3C(F)(F)F)C2=O)CC1. The number of fused-ring (bicyclic) bond motifs is 1. The smallest absolute Gasteiger partial charge is 0.369 e. The Morgan fingerprint density at radius 1 is 1.12 bits per heavy atom. The maximum Gasteiger partial charge on any atom is 0.416 e. The number of nitrogens with zero attached hydrogens (tertiary/aromatic N) is 6. The van der Waals surface area contributed by atoms with E-state index in [2.05, 4.69) is 11.2 Å². The number of piperidine rings is 1. The number of hydrogen-bond acceptors (Lipinski definition) is 4. The topological polar surface area (TPSA) is 68.4 Å². The molecule has 1 aromatic heterocycles. The lowest BCUT2D eigenvalue weighted by molar-refractivity contribution is -0.138. The molecule has 11 heteroatoms. The molecular weight excluding hydrogens is 524 g/mol. The summed E-state index contributed by atoms with van der Waals surface area (Å²) in [5.41, 5.74) is 1.28. The Kier molecular flexibility index (Phi) is 7.45. The lowest BCUT2D eigenvalue weighted by Gasteiger charge is -2.43. The van der Waals surface area contributed by atoms with Crippen molar-refractivity contribution >= 4 is 17.5 Å². The van der Waals surface area contributed by atoms with Gasteiger partial charge < -0.3 is 9.80 Å². The number of urea groups is 1. The largest absolute Gasteiger partial charge is 0.416 e. The Bertz CT molecular complexity index is 1420. The van der Waals surface area contributed by atoms with E-state index in [-0.39, 0.29) is 36.4 Å². The number of alkyl halides is 3. The van der Waals surface area contributed by atoms with Crippen molar-refractivity contribution in [1.82, 2.24) is 14.7 Å². The second-order valence-electron chi connectivity index (χ2n) is 10.5. The fourth-order valence-corrected chi connectivity index (χ4v) is 5.66. The third-order valence-electron chi connectivity index (χ3n) is 7.63. The number of aryl methyl sites for hydroxylation is 1. The van der Waals surface area contributed by atoms with Crippen molar-refractivity contribution in [3.63, 3.8) is 0 Å². The maximum atomic E-state index is 14.6. The monoisotopic (exact) mass is 554 g/mol. The van der Waals surface area contributed by atoms with E-state index in [4.69, 9.17) is 0 Å². The average Bonchev–Trinajstić information content (AvgIpc) is 3.32. The van der Waals surface area contributed by atoms with E-state index in [9.17, 15) is 27.6 Å². The summed E-state index contributed by atoms with van der Waals surface area (Å²) in [6, 6.07) is 11.8. The van der Waals surface area contributed by atoms with Gasteiger partial charge in [0.15, 0.2) is 5.82 Å². The maximum absolute atomic E-state index is 14.6. The van der Waals surface area contributed by atoms with Crippen molar-refractivity contribution in [3.05, 3.63) is 76.7 Å². The minimum absolute atomic E-state index is 0.0269. The van der Waals surface area contributed by atoms with Gasteiger partial charge in [-0.25, -0.2) is 9.18 Å². The summed E-state index contributed by atoms with van der Waals surface area (Å²) in [7, 11) is 0. The molecule has 210 valence electrons. The highest BCUT2D eigenvalue weighted by atomic mass is 19.4. The van der Waals surface area contributed by atoms with Gasteiger partial charge in [0, 0.05) is 30.9 Å². The normalized spacial score (nSPS) is 17.1. The minimum atomic E-state index is -4.57. The second-order valence-corrected chi connectivity index (χ2v) is 10.5. The highest BCUT2D eigenvalue weighted by molar-refractivity contribution is 5.94. The molecule has 1 unspecified atom stereocenters. The summed E-state index contributed by atoms with van der Waals surface area (Å²) >= 11 is 0. The molecule has 2 aliphatic rings. The van der Waals surface area contributed by atoms with Gasteiger partial charge in [0.25, 0.3) is 0 Å². The standard InChI is InChI=1S/C29H30F4N6O/c1-19(14-34)15-37-16-22-18-38(23-10-12-36(13-11-23)26-20(2)6-5-9-25(26)30)28(40)39(27(22)35-37)17-21-7-3-4-8-24(21)29(31,32)33/h3-9,16,19,23H,10-13,15,17-18H2,1-2H3. The van der Waals surface area contributed by atoms with Gasteiger partial charge in [-0.05, 0) is 49.9 Å². The van der Waals surface area contributed by atoms with Crippen LogP contribution in [0, 0.1) is 30.0 Å². The first-order valence-corrected chi connectivity index (χ1v) is 13.3. The van der Waals surface area contributed by atoms with Crippen molar-refractivity contribution in [2.24, 2.45) is 5.92 Å². The van der Waals surface area contributed by atoms with Gasteiger partial charge >= 0.3 is 12.2 Å². The zero-order valence-corrected chi connectivity index (χ0v) is 22.3. The van der Waals surface area contributed by atoms with Crippen molar-refractivity contribution in [2.45, 2.75) is 58.5 Å². The number of benzene rings is 2. The van der Waals surface area contributed by atoms with Crippen LogP contribution < -0.4 is 9.80 Å². The van der Waals surface area contributed by atoms with Crippen molar-refractivity contribution in [1.29, 1.82) is 5.26 Å². The van der Waals surface area contributed by atoms with Gasteiger partial charge in [-0.1, -0.05) is 30.3 Å². The van der Waals surface area contributed by atoms with Gasteiger partial charge in [0.1, 0.15) is 5.82 Å². The summed E-state index contributed by atoms with van der Waals surface area (Å²) in [4.78, 5) is 18.9. The Balaban J connectivity index is 1.43. The lowest BCUT2D eigenvalue weighted by atomic mass is 10.00. The molecule has 0 aliphatic carbocycles. The molecule has 3 heterocycles. The van der Waals surface area contributed by atoms with Crippen molar-refractivity contribution < 1.29 is 22.4 Å². The minimum Gasteiger partial charge on any atom is -0.369 e. The van der Waals surface area contributed by atoms with E-state index in [0.717, 1.165) is 11.6 Å². The fourth-order valence-electron chi connectivity index (χ4n) is 5.66. The van der Waals surface area contributed by atoms with Crippen LogP contribution in [0.2, 0.25) is 0 Å².